The van der Waals surface area contributed by atoms with Crippen molar-refractivity contribution in [2.75, 3.05) is 18.4 Å². The highest BCUT2D eigenvalue weighted by Crippen LogP contribution is 2.24. The Morgan fingerprint density at radius 1 is 1.10 bits per heavy atom. The summed E-state index contributed by atoms with van der Waals surface area (Å²) in [5, 5.41) is 2.66. The fourth-order valence-electron chi connectivity index (χ4n) is 3.65. The van der Waals surface area contributed by atoms with Crippen LogP contribution < -0.4 is 5.32 Å². The molecule has 1 fully saturated rings. The van der Waals surface area contributed by atoms with Gasteiger partial charge in [0, 0.05) is 31.7 Å². The topological polar surface area (TPSA) is 84.3 Å². The Kier molecular flexibility index (Phi) is 5.83. The van der Waals surface area contributed by atoms with Crippen LogP contribution in [0.15, 0.2) is 53.7 Å². The number of halogens is 1. The van der Waals surface area contributed by atoms with E-state index >= 15 is 0 Å². The van der Waals surface area contributed by atoms with Crippen LogP contribution in [0, 0.1) is 5.82 Å². The van der Waals surface area contributed by atoms with Gasteiger partial charge in [-0.1, -0.05) is 12.5 Å². The van der Waals surface area contributed by atoms with Crippen LogP contribution in [0.1, 0.15) is 25.7 Å². The van der Waals surface area contributed by atoms with Crippen molar-refractivity contribution in [2.24, 2.45) is 0 Å². The Balaban J connectivity index is 1.45. The molecule has 9 heteroatoms. The Morgan fingerprint density at radius 3 is 2.67 bits per heavy atom. The lowest BCUT2D eigenvalue weighted by molar-refractivity contribution is -0.116. The van der Waals surface area contributed by atoms with Crippen molar-refractivity contribution in [2.45, 2.75) is 37.1 Å². The fraction of sp³-hybridized carbons (Fsp3) is 0.333. The first kappa shape index (κ1) is 20.5. The first-order chi connectivity index (χ1) is 14.4. The summed E-state index contributed by atoms with van der Waals surface area (Å²) >= 11 is 0. The van der Waals surface area contributed by atoms with E-state index in [-0.39, 0.29) is 17.2 Å². The summed E-state index contributed by atoms with van der Waals surface area (Å²) in [5.74, 6) is -0.657. The number of carbonyl (C=O) groups is 1. The van der Waals surface area contributed by atoms with Gasteiger partial charge in [-0.25, -0.2) is 17.8 Å². The number of rotatable bonds is 6. The number of imidazole rings is 1. The van der Waals surface area contributed by atoms with Gasteiger partial charge < -0.3 is 9.88 Å². The number of nitrogens with one attached hydrogen (secondary N) is 1. The summed E-state index contributed by atoms with van der Waals surface area (Å²) < 4.78 is 42.3. The third-order valence-electron chi connectivity index (χ3n) is 5.23. The zero-order chi connectivity index (χ0) is 21.1. The molecule has 4 rings (SSSR count). The number of piperidine rings is 1. The summed E-state index contributed by atoms with van der Waals surface area (Å²) in [6, 6.07) is 10.6. The van der Waals surface area contributed by atoms with E-state index in [0.717, 1.165) is 24.8 Å². The summed E-state index contributed by atoms with van der Waals surface area (Å²) in [5.41, 5.74) is 1.73. The number of nitrogens with zero attached hydrogens (tertiary/aromatic N) is 3. The smallest absolute Gasteiger partial charge is 0.243 e. The molecular formula is C21H23FN4O3S. The average molecular weight is 431 g/mol. The number of carbonyl (C=O) groups excluding carboxylic acids is 1. The van der Waals surface area contributed by atoms with Gasteiger partial charge in [-0.3, -0.25) is 4.79 Å². The van der Waals surface area contributed by atoms with Crippen molar-refractivity contribution in [1.82, 2.24) is 13.9 Å². The maximum absolute atomic E-state index is 13.2. The van der Waals surface area contributed by atoms with Crippen LogP contribution in [-0.4, -0.2) is 41.3 Å². The Hall–Kier alpha value is -2.78. The second-order valence-corrected chi connectivity index (χ2v) is 9.30. The minimum Gasteiger partial charge on any atom is -0.330 e. The van der Waals surface area contributed by atoms with E-state index in [4.69, 9.17) is 0 Å². The van der Waals surface area contributed by atoms with Gasteiger partial charge in [0.1, 0.15) is 5.82 Å². The van der Waals surface area contributed by atoms with Crippen molar-refractivity contribution in [3.05, 3.63) is 54.6 Å². The number of amides is 1. The van der Waals surface area contributed by atoms with Gasteiger partial charge in [0.05, 0.1) is 22.3 Å². The van der Waals surface area contributed by atoms with E-state index in [1.54, 1.807) is 35.2 Å². The molecular weight excluding hydrogens is 407 g/mol. The molecule has 1 aliphatic heterocycles. The third kappa shape index (κ3) is 4.36. The summed E-state index contributed by atoms with van der Waals surface area (Å²) in [6.45, 7) is 1.47. The molecule has 0 saturated carbocycles. The van der Waals surface area contributed by atoms with Gasteiger partial charge in [-0.15, -0.1) is 0 Å². The summed E-state index contributed by atoms with van der Waals surface area (Å²) in [6.07, 6.45) is 4.59. The van der Waals surface area contributed by atoms with Crippen LogP contribution in [0.2, 0.25) is 0 Å². The molecule has 7 nitrogen and oxygen atoms in total. The molecule has 1 aromatic heterocycles. The first-order valence-corrected chi connectivity index (χ1v) is 11.4. The number of fused-ring (bicyclic) bond motifs is 1. The molecule has 0 bridgehead atoms. The van der Waals surface area contributed by atoms with Gasteiger partial charge in [0.25, 0.3) is 0 Å². The number of aromatic nitrogens is 2. The monoisotopic (exact) mass is 430 g/mol. The molecule has 0 unspecified atom stereocenters. The Morgan fingerprint density at radius 2 is 1.90 bits per heavy atom. The van der Waals surface area contributed by atoms with E-state index in [1.165, 1.54) is 22.5 Å². The maximum Gasteiger partial charge on any atom is 0.243 e. The van der Waals surface area contributed by atoms with Crippen molar-refractivity contribution in [3.8, 4) is 0 Å². The molecule has 30 heavy (non-hydrogen) atoms. The lowest BCUT2D eigenvalue weighted by atomic mass is 10.2. The maximum atomic E-state index is 13.2. The number of hydrogen-bond acceptors (Lipinski definition) is 4. The average Bonchev–Trinajstić information content (AvgIpc) is 3.15. The summed E-state index contributed by atoms with van der Waals surface area (Å²) in [4.78, 5) is 16.7. The van der Waals surface area contributed by atoms with Crippen LogP contribution in [-0.2, 0) is 21.4 Å². The number of aryl methyl sites for hydroxylation is 1. The second kappa shape index (κ2) is 8.53. The SMILES string of the molecule is O=C(CCn1cnc2cc(S(=O)(=O)N3CCCCC3)ccc21)Nc1cccc(F)c1. The molecule has 0 aliphatic carbocycles. The minimum atomic E-state index is -3.52. The van der Waals surface area contributed by atoms with Crippen LogP contribution >= 0.6 is 0 Å². The number of anilines is 1. The van der Waals surface area contributed by atoms with Gasteiger partial charge in [0.15, 0.2) is 0 Å². The molecule has 2 heterocycles. The lowest BCUT2D eigenvalue weighted by Gasteiger charge is -2.25. The third-order valence-corrected chi connectivity index (χ3v) is 7.13. The largest absolute Gasteiger partial charge is 0.330 e. The Bertz CT molecular complexity index is 1170. The van der Waals surface area contributed by atoms with Gasteiger partial charge in [-0.05, 0) is 49.2 Å². The van der Waals surface area contributed by atoms with E-state index in [9.17, 15) is 17.6 Å². The number of sulfonamides is 1. The van der Waals surface area contributed by atoms with Crippen molar-refractivity contribution < 1.29 is 17.6 Å². The highest BCUT2D eigenvalue weighted by molar-refractivity contribution is 7.89. The number of benzene rings is 2. The molecule has 158 valence electrons. The van der Waals surface area contributed by atoms with Crippen LogP contribution in [0.25, 0.3) is 11.0 Å². The molecule has 1 N–H and O–H groups in total. The molecule has 0 radical (unpaired) electrons. The van der Waals surface area contributed by atoms with Crippen molar-refractivity contribution >= 4 is 32.7 Å². The lowest BCUT2D eigenvalue weighted by Crippen LogP contribution is -2.35. The molecule has 1 amide bonds. The van der Waals surface area contributed by atoms with Crippen LogP contribution in [0.4, 0.5) is 10.1 Å². The highest BCUT2D eigenvalue weighted by atomic mass is 32.2. The van der Waals surface area contributed by atoms with Crippen molar-refractivity contribution in [3.63, 3.8) is 0 Å². The van der Waals surface area contributed by atoms with Crippen LogP contribution in [0.3, 0.4) is 0 Å². The minimum absolute atomic E-state index is 0.176. The van der Waals surface area contributed by atoms with Gasteiger partial charge in [-0.2, -0.15) is 4.31 Å². The van der Waals surface area contributed by atoms with Crippen molar-refractivity contribution in [1.29, 1.82) is 0 Å². The highest BCUT2D eigenvalue weighted by Gasteiger charge is 2.26. The first-order valence-electron chi connectivity index (χ1n) is 9.94. The standard InChI is InChI=1S/C21H23FN4O3S/c22-16-5-4-6-17(13-16)24-21(27)9-12-25-15-23-19-14-18(7-8-20(19)25)30(28,29)26-10-2-1-3-11-26/h4-8,13-15H,1-3,9-12H2,(H,24,27). The number of hydrogen-bond donors (Lipinski definition) is 1. The fourth-order valence-corrected chi connectivity index (χ4v) is 5.19. The zero-order valence-corrected chi connectivity index (χ0v) is 17.2. The molecule has 0 atom stereocenters. The van der Waals surface area contributed by atoms with Gasteiger partial charge >= 0.3 is 0 Å². The summed E-state index contributed by atoms with van der Waals surface area (Å²) in [7, 11) is -3.52. The predicted octanol–water partition coefficient (Wildman–Crippen LogP) is 3.38. The molecule has 1 aliphatic rings. The van der Waals surface area contributed by atoms with E-state index < -0.39 is 15.8 Å². The molecule has 2 aromatic carbocycles. The van der Waals surface area contributed by atoms with E-state index in [0.29, 0.717) is 30.8 Å². The normalized spacial score (nSPS) is 15.4. The van der Waals surface area contributed by atoms with Gasteiger partial charge in [0.2, 0.25) is 15.9 Å². The quantitative estimate of drug-likeness (QED) is 0.650. The molecule has 3 aromatic rings. The molecule has 1 saturated heterocycles. The van der Waals surface area contributed by atoms with Crippen LogP contribution in [0.5, 0.6) is 0 Å². The van der Waals surface area contributed by atoms with E-state index in [2.05, 4.69) is 10.3 Å². The second-order valence-electron chi connectivity index (χ2n) is 7.36. The Labute approximate surface area is 174 Å². The predicted molar refractivity (Wildman–Crippen MR) is 112 cm³/mol. The zero-order valence-electron chi connectivity index (χ0n) is 16.4. The van der Waals surface area contributed by atoms with E-state index in [1.807, 2.05) is 0 Å². The molecule has 0 spiro atoms.